The Balaban J connectivity index is 1.79. The molecule has 1 nitrogen and oxygen atoms in total. The molecule has 0 saturated carbocycles. The molecule has 2 heteroatoms. The van der Waals surface area contributed by atoms with Crippen LogP contribution in [-0.2, 0) is 0 Å². The van der Waals surface area contributed by atoms with Crippen LogP contribution in [0.3, 0.4) is 0 Å². The number of hydrogen-bond acceptors (Lipinski definition) is 2. The number of hydrogen-bond donors (Lipinski definition) is 0. The molecule has 2 aromatic carbocycles. The topological polar surface area (TPSA) is 9.23 Å². The van der Waals surface area contributed by atoms with Gasteiger partial charge in [0, 0.05) is 16.2 Å². The molecule has 0 aliphatic carbocycles. The standard InChI is InChI=1S/C17H16OS/c1-13(17-10-5-11-19-17)12-18-16-9-4-7-14-6-2-3-8-15(14)16/h2-11,13H,12H2,1H3/t13-/m1/s1. The third-order valence-electron chi connectivity index (χ3n) is 3.27. The maximum atomic E-state index is 6.01. The van der Waals surface area contributed by atoms with Crippen LogP contribution in [0.15, 0.2) is 60.0 Å². The van der Waals surface area contributed by atoms with Crippen molar-refractivity contribution < 1.29 is 4.74 Å². The number of fused-ring (bicyclic) bond motifs is 1. The van der Waals surface area contributed by atoms with Crippen LogP contribution in [-0.4, -0.2) is 6.61 Å². The van der Waals surface area contributed by atoms with Gasteiger partial charge >= 0.3 is 0 Å². The number of benzene rings is 2. The highest BCUT2D eigenvalue weighted by Gasteiger charge is 2.08. The summed E-state index contributed by atoms with van der Waals surface area (Å²) >= 11 is 1.79. The summed E-state index contributed by atoms with van der Waals surface area (Å²) in [4.78, 5) is 1.38. The molecule has 1 atom stereocenters. The van der Waals surface area contributed by atoms with Gasteiger partial charge in [-0.05, 0) is 22.9 Å². The zero-order chi connectivity index (χ0) is 13.1. The summed E-state index contributed by atoms with van der Waals surface area (Å²) < 4.78 is 6.01. The third kappa shape index (κ3) is 2.64. The van der Waals surface area contributed by atoms with Crippen molar-refractivity contribution in [1.82, 2.24) is 0 Å². The average Bonchev–Trinajstić information content (AvgIpc) is 2.99. The quantitative estimate of drug-likeness (QED) is 0.641. The van der Waals surface area contributed by atoms with Crippen LogP contribution in [0.25, 0.3) is 10.8 Å². The second-order valence-electron chi connectivity index (χ2n) is 4.70. The predicted octanol–water partition coefficient (Wildman–Crippen LogP) is 5.08. The van der Waals surface area contributed by atoms with Gasteiger partial charge < -0.3 is 4.74 Å². The zero-order valence-electron chi connectivity index (χ0n) is 10.9. The highest BCUT2D eigenvalue weighted by atomic mass is 32.1. The lowest BCUT2D eigenvalue weighted by Crippen LogP contribution is -2.05. The number of rotatable bonds is 4. The lowest BCUT2D eigenvalue weighted by atomic mass is 10.1. The fraction of sp³-hybridized carbons (Fsp3) is 0.176. The molecule has 0 bridgehead atoms. The van der Waals surface area contributed by atoms with Gasteiger partial charge in [-0.2, -0.15) is 0 Å². The van der Waals surface area contributed by atoms with E-state index < -0.39 is 0 Å². The first-order valence-electron chi connectivity index (χ1n) is 6.48. The van der Waals surface area contributed by atoms with Crippen LogP contribution in [0.5, 0.6) is 5.75 Å². The van der Waals surface area contributed by atoms with Crippen LogP contribution in [0.4, 0.5) is 0 Å². The first-order chi connectivity index (χ1) is 9.34. The minimum absolute atomic E-state index is 0.430. The number of thiophene rings is 1. The molecule has 19 heavy (non-hydrogen) atoms. The molecule has 3 rings (SSSR count). The second kappa shape index (κ2) is 5.45. The molecule has 0 aliphatic heterocycles. The molecule has 1 heterocycles. The van der Waals surface area contributed by atoms with Gasteiger partial charge in [0.1, 0.15) is 5.75 Å². The van der Waals surface area contributed by atoms with Crippen molar-refractivity contribution in [2.75, 3.05) is 6.61 Å². The van der Waals surface area contributed by atoms with Crippen molar-refractivity contribution in [3.05, 3.63) is 64.9 Å². The van der Waals surface area contributed by atoms with Crippen LogP contribution in [0.1, 0.15) is 17.7 Å². The summed E-state index contributed by atoms with van der Waals surface area (Å²) in [6, 6.07) is 18.8. The van der Waals surface area contributed by atoms with E-state index in [1.165, 1.54) is 15.6 Å². The van der Waals surface area contributed by atoms with Crippen molar-refractivity contribution in [3.8, 4) is 5.75 Å². The Kier molecular flexibility index (Phi) is 3.51. The van der Waals surface area contributed by atoms with Crippen LogP contribution in [0, 0.1) is 0 Å². The van der Waals surface area contributed by atoms with Gasteiger partial charge in [0.25, 0.3) is 0 Å². The highest BCUT2D eigenvalue weighted by molar-refractivity contribution is 7.10. The Morgan fingerprint density at radius 2 is 1.84 bits per heavy atom. The second-order valence-corrected chi connectivity index (χ2v) is 5.68. The molecule has 0 radical (unpaired) electrons. The lowest BCUT2D eigenvalue weighted by molar-refractivity contribution is 0.301. The Morgan fingerprint density at radius 1 is 1.00 bits per heavy atom. The molecule has 0 unspecified atom stereocenters. The molecule has 96 valence electrons. The fourth-order valence-electron chi connectivity index (χ4n) is 2.19. The molecular weight excluding hydrogens is 252 g/mol. The molecule has 1 aromatic heterocycles. The maximum absolute atomic E-state index is 6.01. The molecule has 0 spiro atoms. The summed E-state index contributed by atoms with van der Waals surface area (Å²) in [5.74, 6) is 1.40. The van der Waals surface area contributed by atoms with Crippen LogP contribution < -0.4 is 4.74 Å². The molecule has 0 N–H and O–H groups in total. The smallest absolute Gasteiger partial charge is 0.127 e. The summed E-state index contributed by atoms with van der Waals surface area (Å²) in [5, 5.41) is 4.52. The van der Waals surface area contributed by atoms with Gasteiger partial charge in [0.15, 0.2) is 0 Å². The zero-order valence-corrected chi connectivity index (χ0v) is 11.7. The predicted molar refractivity (Wildman–Crippen MR) is 82.2 cm³/mol. The van der Waals surface area contributed by atoms with E-state index in [0.29, 0.717) is 12.5 Å². The van der Waals surface area contributed by atoms with Crippen LogP contribution >= 0.6 is 11.3 Å². The highest BCUT2D eigenvalue weighted by Crippen LogP contribution is 2.27. The third-order valence-corrected chi connectivity index (χ3v) is 4.37. The van der Waals surface area contributed by atoms with Gasteiger partial charge in [-0.1, -0.05) is 49.4 Å². The Hall–Kier alpha value is -1.80. The van der Waals surface area contributed by atoms with Crippen LogP contribution in [0.2, 0.25) is 0 Å². The summed E-state index contributed by atoms with van der Waals surface area (Å²) in [7, 11) is 0. The van der Waals surface area contributed by atoms with Crippen molar-refractivity contribution in [2.24, 2.45) is 0 Å². The monoisotopic (exact) mass is 268 g/mol. The minimum Gasteiger partial charge on any atom is -0.492 e. The Morgan fingerprint density at radius 3 is 2.68 bits per heavy atom. The van der Waals surface area contributed by atoms with Crippen molar-refractivity contribution in [2.45, 2.75) is 12.8 Å². The lowest BCUT2D eigenvalue weighted by Gasteiger charge is -2.13. The van der Waals surface area contributed by atoms with Gasteiger partial charge in [-0.3, -0.25) is 0 Å². The fourth-order valence-corrected chi connectivity index (χ4v) is 2.96. The molecular formula is C17H16OS. The van der Waals surface area contributed by atoms with E-state index >= 15 is 0 Å². The first-order valence-corrected chi connectivity index (χ1v) is 7.36. The maximum Gasteiger partial charge on any atom is 0.127 e. The summed E-state index contributed by atoms with van der Waals surface area (Å²) in [5.41, 5.74) is 0. The van der Waals surface area contributed by atoms with E-state index in [9.17, 15) is 0 Å². The molecule has 0 fully saturated rings. The number of ether oxygens (including phenoxy) is 1. The molecule has 3 aromatic rings. The van der Waals surface area contributed by atoms with E-state index in [0.717, 1.165) is 5.75 Å². The Labute approximate surface area is 117 Å². The largest absolute Gasteiger partial charge is 0.492 e. The van der Waals surface area contributed by atoms with Gasteiger partial charge in [0.2, 0.25) is 0 Å². The molecule has 0 aliphatic rings. The van der Waals surface area contributed by atoms with E-state index in [1.54, 1.807) is 11.3 Å². The normalized spacial score (nSPS) is 12.5. The van der Waals surface area contributed by atoms with Gasteiger partial charge in [-0.15, -0.1) is 11.3 Å². The molecule has 0 saturated heterocycles. The summed E-state index contributed by atoms with van der Waals surface area (Å²) in [6.45, 7) is 2.92. The van der Waals surface area contributed by atoms with E-state index in [-0.39, 0.29) is 0 Å². The molecule has 0 amide bonds. The van der Waals surface area contributed by atoms with Crippen molar-refractivity contribution in [1.29, 1.82) is 0 Å². The van der Waals surface area contributed by atoms with Gasteiger partial charge in [-0.25, -0.2) is 0 Å². The minimum atomic E-state index is 0.430. The van der Waals surface area contributed by atoms with Gasteiger partial charge in [0.05, 0.1) is 6.61 Å². The first kappa shape index (κ1) is 12.2. The Bertz CT molecular complexity index is 653. The van der Waals surface area contributed by atoms with E-state index in [2.05, 4.69) is 54.8 Å². The SMILES string of the molecule is C[C@H](COc1cccc2ccccc12)c1cccs1. The average molecular weight is 268 g/mol. The van der Waals surface area contributed by atoms with E-state index in [4.69, 9.17) is 4.74 Å². The van der Waals surface area contributed by atoms with Crippen molar-refractivity contribution in [3.63, 3.8) is 0 Å². The van der Waals surface area contributed by atoms with E-state index in [1.807, 2.05) is 12.1 Å². The summed E-state index contributed by atoms with van der Waals surface area (Å²) in [6.07, 6.45) is 0. The van der Waals surface area contributed by atoms with Crippen molar-refractivity contribution >= 4 is 22.1 Å².